The van der Waals surface area contributed by atoms with Crippen LogP contribution in [0, 0.1) is 11.6 Å². The molecule has 1 aromatic carbocycles. The number of esters is 1. The molecule has 0 aliphatic carbocycles. The number of rotatable bonds is 7. The summed E-state index contributed by atoms with van der Waals surface area (Å²) in [5.74, 6) is -1.88. The molecule has 0 aromatic heterocycles. The summed E-state index contributed by atoms with van der Waals surface area (Å²) in [6.45, 7) is 4.41. The molecule has 1 atom stereocenters. The summed E-state index contributed by atoms with van der Waals surface area (Å²) < 4.78 is 32.5. The average Bonchev–Trinajstić information content (AvgIpc) is 2.41. The van der Waals surface area contributed by atoms with Crippen molar-refractivity contribution in [2.45, 2.75) is 19.4 Å². The molecule has 1 aromatic rings. The molecule has 0 aliphatic rings. The smallest absolute Gasteiger partial charge is 0.330 e. The van der Waals surface area contributed by atoms with Crippen LogP contribution < -0.4 is 5.32 Å². The van der Waals surface area contributed by atoms with Crippen molar-refractivity contribution in [3.05, 3.63) is 35.4 Å². The maximum atomic E-state index is 14.0. The molecule has 0 fully saturated rings. The second-order valence-electron chi connectivity index (χ2n) is 5.20. The van der Waals surface area contributed by atoms with Gasteiger partial charge < -0.3 is 9.64 Å². The maximum absolute atomic E-state index is 14.0. The van der Waals surface area contributed by atoms with E-state index < -0.39 is 23.1 Å². The van der Waals surface area contributed by atoms with Crippen LogP contribution in [-0.2, 0) is 15.1 Å². The molecule has 6 heteroatoms. The molecule has 0 saturated carbocycles. The molecule has 0 saturated heterocycles. The van der Waals surface area contributed by atoms with E-state index in [9.17, 15) is 13.6 Å². The van der Waals surface area contributed by atoms with Crippen molar-refractivity contribution in [3.63, 3.8) is 0 Å². The molecular formula is C15H22F2N2O2. The van der Waals surface area contributed by atoms with Gasteiger partial charge in [-0.05, 0) is 46.1 Å². The number of hydrogen-bond donors (Lipinski definition) is 1. The lowest BCUT2D eigenvalue weighted by atomic mass is 9.91. The first-order valence-electron chi connectivity index (χ1n) is 6.83. The lowest BCUT2D eigenvalue weighted by molar-refractivity contribution is -0.151. The highest BCUT2D eigenvalue weighted by Gasteiger charge is 2.38. The van der Waals surface area contributed by atoms with Crippen molar-refractivity contribution in [1.82, 2.24) is 10.2 Å². The lowest BCUT2D eigenvalue weighted by Gasteiger charge is -2.30. The maximum Gasteiger partial charge on any atom is 0.330 e. The van der Waals surface area contributed by atoms with Crippen molar-refractivity contribution in [2.24, 2.45) is 0 Å². The molecule has 4 nitrogen and oxygen atoms in total. The fraction of sp³-hybridized carbons (Fsp3) is 0.533. The number of nitrogens with one attached hydrogen (secondary N) is 1. The van der Waals surface area contributed by atoms with Crippen molar-refractivity contribution < 1.29 is 18.3 Å². The van der Waals surface area contributed by atoms with Gasteiger partial charge in [-0.25, -0.2) is 13.6 Å². The van der Waals surface area contributed by atoms with E-state index in [1.54, 1.807) is 6.92 Å². The first-order chi connectivity index (χ1) is 9.81. The predicted molar refractivity (Wildman–Crippen MR) is 76.9 cm³/mol. The quantitative estimate of drug-likeness (QED) is 0.781. The molecule has 0 aliphatic heterocycles. The second-order valence-corrected chi connectivity index (χ2v) is 5.20. The standard InChI is InChI=1S/C15H22F2N2O2/c1-5-21-14(20)15(2,18-8-9-19(3)4)12-10-11(16)6-7-13(12)17/h6-7,10,18H,5,8-9H2,1-4H3. The van der Waals surface area contributed by atoms with Crippen LogP contribution in [0.5, 0.6) is 0 Å². The number of ether oxygens (including phenoxy) is 1. The van der Waals surface area contributed by atoms with Gasteiger partial charge in [0.2, 0.25) is 0 Å². The Labute approximate surface area is 124 Å². The second kappa shape index (κ2) is 7.47. The van der Waals surface area contributed by atoms with E-state index in [2.05, 4.69) is 5.32 Å². The summed E-state index contributed by atoms with van der Waals surface area (Å²) in [5, 5.41) is 2.97. The van der Waals surface area contributed by atoms with E-state index in [0.717, 1.165) is 18.2 Å². The zero-order chi connectivity index (χ0) is 16.0. The number of halogens is 2. The first kappa shape index (κ1) is 17.5. The number of carbonyl (C=O) groups excluding carboxylic acids is 1. The Hall–Kier alpha value is -1.53. The predicted octanol–water partition coefficient (Wildman–Crippen LogP) is 1.89. The van der Waals surface area contributed by atoms with Crippen LogP contribution in [0.15, 0.2) is 18.2 Å². The van der Waals surface area contributed by atoms with E-state index in [1.165, 1.54) is 6.92 Å². The molecule has 1 rings (SSSR count). The number of hydrogen-bond acceptors (Lipinski definition) is 4. The van der Waals surface area contributed by atoms with Crippen LogP contribution in [-0.4, -0.2) is 44.7 Å². The summed E-state index contributed by atoms with van der Waals surface area (Å²) in [4.78, 5) is 14.1. The van der Waals surface area contributed by atoms with E-state index in [4.69, 9.17) is 4.74 Å². The minimum atomic E-state index is -1.43. The summed E-state index contributed by atoms with van der Waals surface area (Å²) in [6, 6.07) is 3.05. The van der Waals surface area contributed by atoms with Gasteiger partial charge in [0.15, 0.2) is 0 Å². The zero-order valence-electron chi connectivity index (χ0n) is 12.9. The number of nitrogens with zero attached hydrogens (tertiary/aromatic N) is 1. The van der Waals surface area contributed by atoms with Crippen LogP contribution in [0.1, 0.15) is 19.4 Å². The van der Waals surface area contributed by atoms with Crippen LogP contribution in [0.25, 0.3) is 0 Å². The molecule has 0 spiro atoms. The van der Waals surface area contributed by atoms with Gasteiger partial charge in [0.05, 0.1) is 6.61 Å². The molecule has 0 amide bonds. The van der Waals surface area contributed by atoms with Crippen LogP contribution in [0.4, 0.5) is 8.78 Å². The Bertz CT molecular complexity index is 495. The summed E-state index contributed by atoms with van der Waals surface area (Å²) in [6.07, 6.45) is 0. The Morgan fingerprint density at radius 2 is 2.05 bits per heavy atom. The van der Waals surface area contributed by atoms with Gasteiger partial charge in [-0.1, -0.05) is 0 Å². The molecular weight excluding hydrogens is 278 g/mol. The van der Waals surface area contributed by atoms with Crippen LogP contribution in [0.3, 0.4) is 0 Å². The van der Waals surface area contributed by atoms with Crippen molar-refractivity contribution in [3.8, 4) is 0 Å². The molecule has 1 unspecified atom stereocenters. The largest absolute Gasteiger partial charge is 0.464 e. The normalized spacial score (nSPS) is 14.0. The molecule has 21 heavy (non-hydrogen) atoms. The minimum absolute atomic E-state index is 0.0558. The highest BCUT2D eigenvalue weighted by molar-refractivity contribution is 5.82. The fourth-order valence-corrected chi connectivity index (χ4v) is 1.96. The van der Waals surface area contributed by atoms with Gasteiger partial charge in [-0.15, -0.1) is 0 Å². The van der Waals surface area contributed by atoms with Gasteiger partial charge in [0.25, 0.3) is 0 Å². The van der Waals surface area contributed by atoms with E-state index in [0.29, 0.717) is 13.1 Å². The Morgan fingerprint density at radius 1 is 1.38 bits per heavy atom. The molecule has 0 heterocycles. The average molecular weight is 300 g/mol. The number of carbonyl (C=O) groups is 1. The molecule has 0 radical (unpaired) electrons. The highest BCUT2D eigenvalue weighted by atomic mass is 19.1. The van der Waals surface area contributed by atoms with E-state index in [-0.39, 0.29) is 12.2 Å². The Kier molecular flexibility index (Phi) is 6.23. The summed E-state index contributed by atoms with van der Waals surface area (Å²) in [5.41, 5.74) is -1.49. The topological polar surface area (TPSA) is 41.6 Å². The number of likely N-dealkylation sites (N-methyl/N-ethyl adjacent to an activating group) is 1. The number of benzene rings is 1. The van der Waals surface area contributed by atoms with Crippen molar-refractivity contribution in [1.29, 1.82) is 0 Å². The monoisotopic (exact) mass is 300 g/mol. The van der Waals surface area contributed by atoms with E-state index >= 15 is 0 Å². The highest BCUT2D eigenvalue weighted by Crippen LogP contribution is 2.26. The third-order valence-corrected chi connectivity index (χ3v) is 3.19. The SMILES string of the molecule is CCOC(=O)C(C)(NCCN(C)C)c1cc(F)ccc1F. The minimum Gasteiger partial charge on any atom is -0.464 e. The Balaban J connectivity index is 3.11. The summed E-state index contributed by atoms with van der Waals surface area (Å²) >= 11 is 0. The Morgan fingerprint density at radius 3 is 2.62 bits per heavy atom. The van der Waals surface area contributed by atoms with Crippen molar-refractivity contribution in [2.75, 3.05) is 33.8 Å². The first-order valence-corrected chi connectivity index (χ1v) is 6.83. The van der Waals surface area contributed by atoms with Gasteiger partial charge in [0.1, 0.15) is 17.2 Å². The molecule has 1 N–H and O–H groups in total. The van der Waals surface area contributed by atoms with Gasteiger partial charge >= 0.3 is 5.97 Å². The van der Waals surface area contributed by atoms with Gasteiger partial charge in [-0.2, -0.15) is 0 Å². The fourth-order valence-electron chi connectivity index (χ4n) is 1.96. The van der Waals surface area contributed by atoms with Gasteiger partial charge in [0, 0.05) is 18.7 Å². The summed E-state index contributed by atoms with van der Waals surface area (Å²) in [7, 11) is 3.76. The lowest BCUT2D eigenvalue weighted by Crippen LogP contribution is -2.50. The zero-order valence-corrected chi connectivity index (χ0v) is 12.9. The third kappa shape index (κ3) is 4.47. The van der Waals surface area contributed by atoms with E-state index in [1.807, 2.05) is 19.0 Å². The van der Waals surface area contributed by atoms with Crippen molar-refractivity contribution >= 4 is 5.97 Å². The third-order valence-electron chi connectivity index (χ3n) is 3.19. The van der Waals surface area contributed by atoms with Crippen LogP contribution in [0.2, 0.25) is 0 Å². The molecule has 0 bridgehead atoms. The van der Waals surface area contributed by atoms with Gasteiger partial charge in [-0.3, -0.25) is 5.32 Å². The molecule has 118 valence electrons. The van der Waals surface area contributed by atoms with Crippen LogP contribution >= 0.6 is 0 Å².